The average Bonchev–Trinajstić information content (AvgIpc) is 0. The Bertz CT molecular complexity index is 3.61. The topological polar surface area (TPSA) is 140 Å². The maximum absolute atomic E-state index is 0. The summed E-state index contributed by atoms with van der Waals surface area (Å²) < 4.78 is 0. The molecule has 0 fully saturated rings. The molecule has 4 nitrogen and oxygen atoms in total. The van der Waals surface area contributed by atoms with Crippen LogP contribution >= 0.6 is 0 Å². The van der Waals surface area contributed by atoms with Crippen molar-refractivity contribution in [3.63, 3.8) is 0 Å². The Hall–Kier alpha value is 0.463. The van der Waals surface area contributed by atoms with Crippen LogP contribution in [0.25, 0.3) is 0 Å². The van der Waals surface area contributed by atoms with Crippen molar-refractivity contribution in [1.82, 2.24) is 24.6 Å². The van der Waals surface area contributed by atoms with Crippen LogP contribution in [0, 0.1) is 0 Å². The molecule has 0 aliphatic heterocycles. The van der Waals surface area contributed by atoms with E-state index in [1.54, 1.807) is 0 Å². The molecule has 0 aromatic heterocycles. The summed E-state index contributed by atoms with van der Waals surface area (Å²) in [5, 5.41) is 0. The van der Waals surface area contributed by atoms with Gasteiger partial charge in [-0.3, -0.25) is 0 Å². The van der Waals surface area contributed by atoms with E-state index in [9.17, 15) is 0 Å². The van der Waals surface area contributed by atoms with E-state index in [-0.39, 0.29) is 44.1 Å². The first-order valence-electron chi connectivity index (χ1n) is 0. The largest absolute Gasteiger partial charge is 0.344 e. The van der Waals surface area contributed by atoms with E-state index in [1.807, 2.05) is 0 Å². The van der Waals surface area contributed by atoms with E-state index >= 15 is 0 Å². The maximum Gasteiger partial charge on any atom is 0 e. The molecule has 0 aliphatic carbocycles. The Morgan fingerprint density at radius 2 is 0.400 bits per heavy atom. The molecule has 0 aromatic carbocycles. The summed E-state index contributed by atoms with van der Waals surface area (Å²) in [6, 6.07) is 0. The number of hydrogen-bond acceptors (Lipinski definition) is 4. The predicted octanol–water partition coefficient (Wildman–Crippen LogP) is 0.645. The fraction of sp³-hybridized carbons (Fsp3) is 0. The quantitative estimate of drug-likeness (QED) is 0.397. The number of hydrogen-bond donors (Lipinski definition) is 4. The molecule has 0 spiro atoms. The Kier molecular flexibility index (Phi) is 25300. The van der Waals surface area contributed by atoms with Gasteiger partial charge in [-0.15, -0.1) is 0 Å². The van der Waals surface area contributed by atoms with Crippen LogP contribution in [-0.4, -0.2) is 0 Å². The minimum atomic E-state index is 0. The first-order chi connectivity index (χ1) is 0. The summed E-state index contributed by atoms with van der Waals surface area (Å²) in [5.74, 6) is 0. The summed E-state index contributed by atoms with van der Waals surface area (Å²) in [5.41, 5.74) is 0. The van der Waals surface area contributed by atoms with Gasteiger partial charge in [-0.05, 0) is 0 Å². The van der Waals surface area contributed by atoms with Crippen molar-refractivity contribution in [3.05, 3.63) is 0 Å². The Morgan fingerprint density at radius 1 is 0.400 bits per heavy atom. The van der Waals surface area contributed by atoms with E-state index in [0.29, 0.717) is 0 Å². The van der Waals surface area contributed by atoms with Crippen LogP contribution in [0.4, 0.5) is 0 Å². The van der Waals surface area contributed by atoms with Crippen molar-refractivity contribution in [2.24, 2.45) is 0 Å². The third-order valence-electron chi connectivity index (χ3n) is 0. The monoisotopic (exact) mass is 171 g/mol. The zero-order chi connectivity index (χ0) is 0. The van der Waals surface area contributed by atoms with Gasteiger partial charge in [0.05, 0.1) is 0 Å². The van der Waals surface area contributed by atoms with Crippen molar-refractivity contribution in [1.29, 1.82) is 0 Å². The smallest absolute Gasteiger partial charge is 0 e. The van der Waals surface area contributed by atoms with Gasteiger partial charge >= 0.3 is 0 Å². The van der Waals surface area contributed by atoms with Crippen molar-refractivity contribution < 1.29 is 19.5 Å². The van der Waals surface area contributed by atoms with Crippen LogP contribution in [0.2, 0.25) is 0 Å². The third-order valence-corrected chi connectivity index (χ3v) is 0. The van der Waals surface area contributed by atoms with Crippen LogP contribution in [0.15, 0.2) is 0 Å². The summed E-state index contributed by atoms with van der Waals surface area (Å²) in [6.45, 7) is 0. The normalized spacial score (nSPS) is 0. The molecular formula is H12N4Rh. The van der Waals surface area contributed by atoms with Gasteiger partial charge < -0.3 is 24.6 Å². The van der Waals surface area contributed by atoms with E-state index < -0.39 is 0 Å². The SMILES string of the molecule is N.N.N.N.[Rh]. The van der Waals surface area contributed by atoms with Crippen molar-refractivity contribution >= 4 is 0 Å². The molecule has 5 heavy (non-hydrogen) atoms. The average molecular weight is 171 g/mol. The molecule has 1 radical (unpaired) electrons. The molecule has 0 saturated carbocycles. The fourth-order valence-electron chi connectivity index (χ4n) is 0. The maximum atomic E-state index is 0. The van der Waals surface area contributed by atoms with Crippen LogP contribution in [-0.2, 0) is 19.5 Å². The van der Waals surface area contributed by atoms with Gasteiger partial charge in [-0.1, -0.05) is 0 Å². The molecule has 0 aliphatic rings. The Labute approximate surface area is 44.8 Å². The Morgan fingerprint density at radius 3 is 0.400 bits per heavy atom. The van der Waals surface area contributed by atoms with Crippen molar-refractivity contribution in [2.75, 3.05) is 0 Å². The van der Waals surface area contributed by atoms with Gasteiger partial charge in [0.15, 0.2) is 0 Å². The van der Waals surface area contributed by atoms with Gasteiger partial charge in [-0.2, -0.15) is 0 Å². The standard InChI is InChI=1S/4H3N.Rh/h4*1H3;. The zero-order valence-corrected chi connectivity index (χ0v) is 4.80. The van der Waals surface area contributed by atoms with Crippen LogP contribution < -0.4 is 24.6 Å². The van der Waals surface area contributed by atoms with Gasteiger partial charge in [0.2, 0.25) is 0 Å². The van der Waals surface area contributed by atoms with E-state index in [2.05, 4.69) is 0 Å². The van der Waals surface area contributed by atoms with Crippen molar-refractivity contribution in [2.45, 2.75) is 0 Å². The predicted molar refractivity (Wildman–Crippen MR) is 20.1 cm³/mol. The van der Waals surface area contributed by atoms with E-state index in [1.165, 1.54) is 0 Å². The summed E-state index contributed by atoms with van der Waals surface area (Å²) >= 11 is 0. The van der Waals surface area contributed by atoms with Gasteiger partial charge in [0, 0.05) is 19.5 Å². The molecule has 0 heterocycles. The molecule has 5 heteroatoms. The van der Waals surface area contributed by atoms with Crippen LogP contribution in [0.1, 0.15) is 0 Å². The molecule has 0 aromatic rings. The molecule has 0 bridgehead atoms. The molecule has 12 N–H and O–H groups in total. The van der Waals surface area contributed by atoms with Gasteiger partial charge in [0.1, 0.15) is 0 Å². The molecule has 0 unspecified atom stereocenters. The first-order valence-corrected chi connectivity index (χ1v) is 0. The van der Waals surface area contributed by atoms with Gasteiger partial charge in [0.25, 0.3) is 0 Å². The number of rotatable bonds is 0. The Balaban J connectivity index is 0. The summed E-state index contributed by atoms with van der Waals surface area (Å²) in [4.78, 5) is 0. The van der Waals surface area contributed by atoms with Gasteiger partial charge in [-0.25, -0.2) is 0 Å². The third kappa shape index (κ3) is 126. The molecule has 0 rings (SSSR count). The van der Waals surface area contributed by atoms with E-state index in [0.717, 1.165) is 0 Å². The van der Waals surface area contributed by atoms with Crippen molar-refractivity contribution in [3.8, 4) is 0 Å². The summed E-state index contributed by atoms with van der Waals surface area (Å²) in [7, 11) is 0. The van der Waals surface area contributed by atoms with Crippen LogP contribution in [0.5, 0.6) is 0 Å². The molecule has 0 atom stereocenters. The summed E-state index contributed by atoms with van der Waals surface area (Å²) in [6.07, 6.45) is 0. The second-order valence-electron chi connectivity index (χ2n) is 0. The molecule has 0 saturated heterocycles. The van der Waals surface area contributed by atoms with E-state index in [4.69, 9.17) is 0 Å². The first kappa shape index (κ1) is 507. The fourth-order valence-corrected chi connectivity index (χ4v) is 0. The molecule has 0 amide bonds. The minimum Gasteiger partial charge on any atom is -0.344 e. The van der Waals surface area contributed by atoms with Crippen LogP contribution in [0.3, 0.4) is 0 Å². The second-order valence-corrected chi connectivity index (χ2v) is 0. The molecule has 41 valence electrons. The zero-order valence-electron chi connectivity index (χ0n) is 3.16. The molecular weight excluding hydrogens is 159 g/mol. The second kappa shape index (κ2) is 249. The minimum absolute atomic E-state index is 0.